The molecule has 0 N–H and O–H groups in total. The van der Waals surface area contributed by atoms with E-state index in [9.17, 15) is 0 Å². The van der Waals surface area contributed by atoms with Crippen LogP contribution in [0, 0.1) is 0 Å². The standard InChI is InChI=1S/C69H116O35/c1-70-27-35-42-49(77-8)56(84-15)64(91-35)99-44-37(29-72-3)93-66(58(86-17)51(44)79-10)101-46-39(31-74-5)95-68(60(88-19)53(46)81-12)103-48-41(33-76-7)97-69(62(55(48)83-14)90-26-34-24-22-21-23-25-34)104-47-40(32-75-6)96-67(61(89-20)54(47)82-13)102-45-38(30-73-4)94-65(59(87-18)52(45)80-11)100-43-36(28-71-2)92-63(98-42)57(85-16)50(43)78-9/h21-25,35-69H,26-33H2,1-20H3/t35-,36-,37-,38-,39+,40+,41+,42+,43+,44+,45+,46+,47+,48+,49-,50-,51-,52-,53+,54-,55-,56+,57+,58+,59+,60-,61+,62+,63+,64+,65+,66+,67+,68+,69+/m0/s1. The van der Waals surface area contributed by atoms with Crippen molar-refractivity contribution in [2.24, 2.45) is 0 Å². The highest BCUT2D eigenvalue weighted by Gasteiger charge is 2.62. The molecule has 35 nitrogen and oxygen atoms in total. The summed E-state index contributed by atoms with van der Waals surface area (Å²) in [6, 6.07) is 9.59. The van der Waals surface area contributed by atoms with Gasteiger partial charge < -0.3 is 166 Å². The Labute approximate surface area is 609 Å². The summed E-state index contributed by atoms with van der Waals surface area (Å²) >= 11 is 0. The topological polar surface area (TPSA) is 323 Å². The molecule has 1 aromatic rings. The number of hydrogen-bond acceptors (Lipinski definition) is 35. The second-order valence-corrected chi connectivity index (χ2v) is 26.1. The average Bonchev–Trinajstić information content (AvgIpc) is 0.767. The molecule has 0 unspecified atom stereocenters. The molecule has 21 aliphatic rings. The van der Waals surface area contributed by atoms with E-state index in [4.69, 9.17) is 166 Å². The summed E-state index contributed by atoms with van der Waals surface area (Å²) < 4.78 is 229. The fourth-order valence-corrected chi connectivity index (χ4v) is 15.5. The molecule has 35 atom stereocenters. The molecule has 0 radical (unpaired) electrons. The maximum atomic E-state index is 7.23. The summed E-state index contributed by atoms with van der Waals surface area (Å²) in [5.41, 5.74) is 0.835. The number of benzene rings is 1. The van der Waals surface area contributed by atoms with Crippen molar-refractivity contribution in [2.45, 2.75) is 222 Å². The summed E-state index contributed by atoms with van der Waals surface area (Å²) in [6.45, 7) is -0.264. The van der Waals surface area contributed by atoms with Crippen molar-refractivity contribution in [2.75, 3.05) is 188 Å². The van der Waals surface area contributed by atoms with Crippen LogP contribution in [0.25, 0.3) is 0 Å². The number of hydrogen-bond donors (Lipinski definition) is 0. The Bertz CT molecular complexity index is 2520. The van der Waals surface area contributed by atoms with Crippen LogP contribution in [0.5, 0.6) is 0 Å². The third-order valence-electron chi connectivity index (χ3n) is 20.3. The predicted octanol–water partition coefficient (Wildman–Crippen LogP) is 0.0759. The highest BCUT2D eigenvalue weighted by molar-refractivity contribution is 5.14. The van der Waals surface area contributed by atoms with Crippen molar-refractivity contribution in [1.29, 1.82) is 0 Å². The molecular formula is C69H116O35. The quantitative estimate of drug-likeness (QED) is 0.0984. The van der Waals surface area contributed by atoms with Gasteiger partial charge in [0.1, 0.15) is 171 Å². The smallest absolute Gasteiger partial charge is 0.187 e. The third-order valence-corrected chi connectivity index (χ3v) is 20.3. The van der Waals surface area contributed by atoms with Crippen molar-refractivity contribution >= 4 is 0 Å². The van der Waals surface area contributed by atoms with Crippen LogP contribution in [0.15, 0.2) is 30.3 Å². The first-order valence-electron chi connectivity index (χ1n) is 34.8. The second kappa shape index (κ2) is 42.5. The SMILES string of the molecule is COC[C@@H]1O[C@@H]2O[C@H]3[C@H](OC)[C@@H](OC)[C@@H](O[C@H]4[C@@H](OC)[C@H](OC)[C@@H](O[C@H]5[C@H](OC)[C@@H](OCc6ccccc6)[C@@H](O[C@H]6[C@H](OC)[C@@H](OC)[C@@H](O[C@H]7[C@H](OC)[C@@H](OC)[C@@H](O[C@H]8[C@H](OC)[C@@H](OC)[C@@H](O[C@H]1[C@H](OC)[C@H]2OC)O[C@H]8COC)O[C@H]7COC)O[C@@H]6COC)O[C@@H]5COC)O[C@@H]4COC)O[C@H]3COC. The minimum atomic E-state index is -1.28. The Morgan fingerprint density at radius 1 is 0.202 bits per heavy atom. The van der Waals surface area contributed by atoms with E-state index in [2.05, 4.69) is 0 Å². The lowest BCUT2D eigenvalue weighted by atomic mass is 9.94. The lowest BCUT2D eigenvalue weighted by molar-refractivity contribution is -0.403. The zero-order valence-corrected chi connectivity index (χ0v) is 63.5. The van der Waals surface area contributed by atoms with Crippen LogP contribution in [0.2, 0.25) is 0 Å². The molecule has 22 rings (SSSR count). The molecule has 14 bridgehead atoms. The van der Waals surface area contributed by atoms with E-state index >= 15 is 0 Å². The minimum absolute atomic E-state index is 0.0421. The summed E-state index contributed by atoms with van der Waals surface area (Å²) in [5.74, 6) is 0. The van der Waals surface area contributed by atoms with Crippen LogP contribution < -0.4 is 0 Å². The molecule has 602 valence electrons. The van der Waals surface area contributed by atoms with Gasteiger partial charge >= 0.3 is 0 Å². The lowest BCUT2D eigenvalue weighted by Crippen LogP contribution is -2.69. The molecule has 21 heterocycles. The normalized spacial score (nSPS) is 44.1. The van der Waals surface area contributed by atoms with Gasteiger partial charge in [-0.15, -0.1) is 0 Å². The van der Waals surface area contributed by atoms with E-state index in [0.29, 0.717) is 0 Å². The molecule has 0 aliphatic carbocycles. The van der Waals surface area contributed by atoms with Gasteiger partial charge in [0.15, 0.2) is 44.0 Å². The van der Waals surface area contributed by atoms with Gasteiger partial charge in [0, 0.05) is 142 Å². The lowest BCUT2D eigenvalue weighted by Gasteiger charge is -2.52. The maximum Gasteiger partial charge on any atom is 0.187 e. The van der Waals surface area contributed by atoms with E-state index in [0.717, 1.165) is 5.56 Å². The first-order valence-corrected chi connectivity index (χ1v) is 34.8. The molecule has 21 saturated heterocycles. The largest absolute Gasteiger partial charge is 0.382 e. The highest BCUT2D eigenvalue weighted by atomic mass is 16.8. The van der Waals surface area contributed by atoms with Gasteiger partial charge in [-0.2, -0.15) is 0 Å². The Hall–Kier alpha value is -2.18. The first-order chi connectivity index (χ1) is 50.7. The van der Waals surface area contributed by atoms with Gasteiger partial charge in [-0.1, -0.05) is 30.3 Å². The molecule has 0 saturated carbocycles. The second-order valence-electron chi connectivity index (χ2n) is 26.1. The van der Waals surface area contributed by atoms with Gasteiger partial charge in [-0.25, -0.2) is 0 Å². The van der Waals surface area contributed by atoms with Gasteiger partial charge in [-0.05, 0) is 5.56 Å². The Morgan fingerprint density at radius 2 is 0.365 bits per heavy atom. The van der Waals surface area contributed by atoms with E-state index in [1.54, 1.807) is 0 Å². The first kappa shape index (κ1) is 85.8. The van der Waals surface area contributed by atoms with Gasteiger partial charge in [0.25, 0.3) is 0 Å². The Balaban J connectivity index is 1.16. The Kier molecular flexibility index (Phi) is 35.0. The molecule has 0 aromatic heterocycles. The van der Waals surface area contributed by atoms with E-state index < -0.39 is 215 Å². The molecule has 0 spiro atoms. The molecule has 0 amide bonds. The number of methoxy groups -OCH3 is 20. The Morgan fingerprint density at radius 3 is 0.529 bits per heavy atom. The number of ether oxygens (including phenoxy) is 35. The third kappa shape index (κ3) is 19.1. The highest BCUT2D eigenvalue weighted by Crippen LogP contribution is 2.43. The van der Waals surface area contributed by atoms with Crippen LogP contribution in [-0.2, 0) is 172 Å². The molecule has 1 aromatic carbocycles. The predicted molar refractivity (Wildman–Crippen MR) is 353 cm³/mol. The summed E-state index contributed by atoms with van der Waals surface area (Å²) in [7, 11) is 30.3. The van der Waals surface area contributed by atoms with E-state index in [-0.39, 0.29) is 52.9 Å². The molecule has 104 heavy (non-hydrogen) atoms. The number of rotatable bonds is 30. The fraction of sp³-hybridized carbons (Fsp3) is 0.913. The van der Waals surface area contributed by atoms with Crippen molar-refractivity contribution < 1.29 is 166 Å². The van der Waals surface area contributed by atoms with Crippen LogP contribution in [0.3, 0.4) is 0 Å². The van der Waals surface area contributed by atoms with Crippen molar-refractivity contribution in [1.82, 2.24) is 0 Å². The van der Waals surface area contributed by atoms with Gasteiger partial charge in [-0.3, -0.25) is 0 Å². The van der Waals surface area contributed by atoms with Crippen LogP contribution >= 0.6 is 0 Å². The van der Waals surface area contributed by atoms with Gasteiger partial charge in [0.05, 0.1) is 52.9 Å². The van der Waals surface area contributed by atoms with Crippen LogP contribution in [0.1, 0.15) is 5.56 Å². The monoisotopic (exact) mass is 1500 g/mol. The fourth-order valence-electron chi connectivity index (χ4n) is 15.5. The molecular weight excluding hydrogens is 1390 g/mol. The average molecular weight is 1510 g/mol. The van der Waals surface area contributed by atoms with Crippen molar-refractivity contribution in [3.63, 3.8) is 0 Å². The summed E-state index contributed by atoms with van der Waals surface area (Å²) in [4.78, 5) is 0. The van der Waals surface area contributed by atoms with Crippen LogP contribution in [0.4, 0.5) is 0 Å². The van der Waals surface area contributed by atoms with Crippen molar-refractivity contribution in [3.8, 4) is 0 Å². The van der Waals surface area contributed by atoms with E-state index in [1.165, 1.54) is 142 Å². The molecule has 35 heteroatoms. The minimum Gasteiger partial charge on any atom is -0.382 e. The summed E-state index contributed by atoms with van der Waals surface area (Å²) in [5, 5.41) is 0. The van der Waals surface area contributed by atoms with E-state index in [1.807, 2.05) is 30.3 Å². The van der Waals surface area contributed by atoms with Gasteiger partial charge in [0.2, 0.25) is 0 Å². The van der Waals surface area contributed by atoms with Crippen LogP contribution in [-0.4, -0.2) is 403 Å². The zero-order valence-electron chi connectivity index (χ0n) is 63.5. The molecule has 21 fully saturated rings. The van der Waals surface area contributed by atoms with Crippen molar-refractivity contribution in [3.05, 3.63) is 35.9 Å². The zero-order chi connectivity index (χ0) is 74.7. The maximum absolute atomic E-state index is 7.23. The molecule has 21 aliphatic heterocycles. The summed E-state index contributed by atoms with van der Waals surface area (Å²) in [6.07, 6.45) is -36.6.